The number of aromatic nitrogens is 2. The molecule has 6 nitrogen and oxygen atoms in total. The molecule has 1 atom stereocenters. The van der Waals surface area contributed by atoms with Gasteiger partial charge < -0.3 is 15.0 Å². The van der Waals surface area contributed by atoms with Crippen LogP contribution in [0.2, 0.25) is 0 Å². The second-order valence-electron chi connectivity index (χ2n) is 5.99. The number of nitrogens with zero attached hydrogens (tertiary/aromatic N) is 3. The summed E-state index contributed by atoms with van der Waals surface area (Å²) < 4.78 is 5.50. The number of hydrogen-bond donors (Lipinski definition) is 1. The minimum atomic E-state index is 0.0311. The molecule has 2 saturated heterocycles. The van der Waals surface area contributed by atoms with Gasteiger partial charge in [-0.3, -0.25) is 4.79 Å². The Kier molecular flexibility index (Phi) is 6.10. The van der Waals surface area contributed by atoms with Gasteiger partial charge in [0.2, 0.25) is 5.91 Å². The first-order valence-electron chi connectivity index (χ1n) is 8.39. The van der Waals surface area contributed by atoms with Gasteiger partial charge in [0.15, 0.2) is 0 Å². The van der Waals surface area contributed by atoms with Gasteiger partial charge in [-0.1, -0.05) is 11.8 Å². The Morgan fingerprint density at radius 1 is 1.30 bits per heavy atom. The standard InChI is InChI=1S/C16H24N4O2S/c21-15(17-10-13-5-4-8-22-13)11-23-16-9-14(18-12-19-16)20-6-2-1-3-7-20/h9,12-13H,1-8,10-11H2,(H,17,21). The quantitative estimate of drug-likeness (QED) is 0.632. The summed E-state index contributed by atoms with van der Waals surface area (Å²) in [6.07, 6.45) is 7.66. The smallest absolute Gasteiger partial charge is 0.230 e. The number of anilines is 1. The van der Waals surface area contributed by atoms with Crippen molar-refractivity contribution in [3.8, 4) is 0 Å². The van der Waals surface area contributed by atoms with Crippen LogP contribution in [0.5, 0.6) is 0 Å². The van der Waals surface area contributed by atoms with Gasteiger partial charge in [-0.05, 0) is 32.1 Å². The predicted molar refractivity (Wildman–Crippen MR) is 90.8 cm³/mol. The number of rotatable bonds is 6. The van der Waals surface area contributed by atoms with E-state index < -0.39 is 0 Å². The highest BCUT2D eigenvalue weighted by Gasteiger charge is 2.16. The molecule has 1 aromatic heterocycles. The molecule has 2 fully saturated rings. The summed E-state index contributed by atoms with van der Waals surface area (Å²) >= 11 is 1.46. The van der Waals surface area contributed by atoms with Crippen LogP contribution in [0.4, 0.5) is 5.82 Å². The molecule has 23 heavy (non-hydrogen) atoms. The predicted octanol–water partition coefficient (Wildman–Crippen LogP) is 1.85. The van der Waals surface area contributed by atoms with Gasteiger partial charge in [0.1, 0.15) is 17.2 Å². The van der Waals surface area contributed by atoms with E-state index in [0.717, 1.165) is 43.4 Å². The van der Waals surface area contributed by atoms with E-state index in [1.54, 1.807) is 6.33 Å². The highest BCUT2D eigenvalue weighted by molar-refractivity contribution is 7.99. The molecule has 0 aromatic carbocycles. The van der Waals surface area contributed by atoms with Crippen LogP contribution in [0.25, 0.3) is 0 Å². The molecule has 0 spiro atoms. The molecule has 2 aliphatic heterocycles. The third-order valence-corrected chi connectivity index (χ3v) is 5.14. The monoisotopic (exact) mass is 336 g/mol. The summed E-state index contributed by atoms with van der Waals surface area (Å²) in [6, 6.07) is 1.99. The minimum absolute atomic E-state index is 0.0311. The third kappa shape index (κ3) is 5.07. The Bertz CT molecular complexity index is 517. The Morgan fingerprint density at radius 3 is 2.96 bits per heavy atom. The van der Waals surface area contributed by atoms with Crippen LogP contribution in [0.1, 0.15) is 32.1 Å². The molecule has 0 bridgehead atoms. The van der Waals surface area contributed by atoms with Crippen molar-refractivity contribution < 1.29 is 9.53 Å². The molecule has 2 aliphatic rings. The average molecular weight is 336 g/mol. The molecule has 0 aliphatic carbocycles. The summed E-state index contributed by atoms with van der Waals surface area (Å²) in [4.78, 5) is 22.8. The van der Waals surface area contributed by atoms with Crippen LogP contribution in [0.15, 0.2) is 17.4 Å². The second kappa shape index (κ2) is 8.49. The molecule has 1 N–H and O–H groups in total. The van der Waals surface area contributed by atoms with E-state index in [0.29, 0.717) is 12.3 Å². The molecule has 126 valence electrons. The maximum atomic E-state index is 11.9. The Labute approximate surface area is 141 Å². The van der Waals surface area contributed by atoms with E-state index in [4.69, 9.17) is 4.74 Å². The molecule has 3 heterocycles. The molecular weight excluding hydrogens is 312 g/mol. The van der Waals surface area contributed by atoms with Crippen molar-refractivity contribution in [2.45, 2.75) is 43.2 Å². The molecule has 1 amide bonds. The fourth-order valence-electron chi connectivity index (χ4n) is 2.93. The number of hydrogen-bond acceptors (Lipinski definition) is 6. The van der Waals surface area contributed by atoms with E-state index in [9.17, 15) is 4.79 Å². The molecule has 0 radical (unpaired) electrons. The Balaban J connectivity index is 1.44. The topological polar surface area (TPSA) is 67.4 Å². The zero-order valence-corrected chi connectivity index (χ0v) is 14.2. The lowest BCUT2D eigenvalue weighted by atomic mass is 10.1. The van der Waals surface area contributed by atoms with Gasteiger partial charge in [0.25, 0.3) is 0 Å². The number of amides is 1. The van der Waals surface area contributed by atoms with Gasteiger partial charge in [-0.15, -0.1) is 0 Å². The van der Waals surface area contributed by atoms with Crippen molar-refractivity contribution in [3.05, 3.63) is 12.4 Å². The van der Waals surface area contributed by atoms with Crippen LogP contribution in [0, 0.1) is 0 Å². The van der Waals surface area contributed by atoms with Gasteiger partial charge in [-0.25, -0.2) is 9.97 Å². The van der Waals surface area contributed by atoms with Crippen molar-refractivity contribution in [1.82, 2.24) is 15.3 Å². The zero-order valence-electron chi connectivity index (χ0n) is 13.4. The Hall–Kier alpha value is -1.34. The molecule has 7 heteroatoms. The van der Waals surface area contributed by atoms with E-state index >= 15 is 0 Å². The Morgan fingerprint density at radius 2 is 2.17 bits per heavy atom. The summed E-state index contributed by atoms with van der Waals surface area (Å²) in [6.45, 7) is 3.55. The van der Waals surface area contributed by atoms with E-state index in [-0.39, 0.29) is 12.0 Å². The average Bonchev–Trinajstić information content (AvgIpc) is 3.13. The highest BCUT2D eigenvalue weighted by atomic mass is 32.2. The number of carbonyl (C=O) groups is 1. The maximum absolute atomic E-state index is 11.9. The van der Waals surface area contributed by atoms with Gasteiger partial charge in [0, 0.05) is 32.3 Å². The van der Waals surface area contributed by atoms with Crippen LogP contribution in [-0.4, -0.2) is 54.0 Å². The van der Waals surface area contributed by atoms with Crippen molar-refractivity contribution >= 4 is 23.5 Å². The summed E-state index contributed by atoms with van der Waals surface area (Å²) in [5.74, 6) is 1.38. The largest absolute Gasteiger partial charge is 0.376 e. The minimum Gasteiger partial charge on any atom is -0.376 e. The van der Waals surface area contributed by atoms with Crippen LogP contribution in [0.3, 0.4) is 0 Å². The van der Waals surface area contributed by atoms with E-state index in [2.05, 4.69) is 20.2 Å². The van der Waals surface area contributed by atoms with Crippen LogP contribution >= 0.6 is 11.8 Å². The second-order valence-corrected chi connectivity index (χ2v) is 6.99. The van der Waals surface area contributed by atoms with E-state index in [1.807, 2.05) is 6.07 Å². The third-order valence-electron chi connectivity index (χ3n) is 4.21. The SMILES string of the molecule is O=C(CSc1cc(N2CCCCC2)ncn1)NCC1CCCO1. The number of thioether (sulfide) groups is 1. The normalized spacial score (nSPS) is 21.4. The van der Waals surface area contributed by atoms with Crippen molar-refractivity contribution in [2.75, 3.05) is 36.9 Å². The summed E-state index contributed by atoms with van der Waals surface area (Å²) in [7, 11) is 0. The summed E-state index contributed by atoms with van der Waals surface area (Å²) in [5, 5.41) is 3.79. The lowest BCUT2D eigenvalue weighted by molar-refractivity contribution is -0.119. The van der Waals surface area contributed by atoms with Crippen molar-refractivity contribution in [1.29, 1.82) is 0 Å². The van der Waals surface area contributed by atoms with E-state index in [1.165, 1.54) is 31.0 Å². The molecule has 0 saturated carbocycles. The van der Waals surface area contributed by atoms with Crippen molar-refractivity contribution in [3.63, 3.8) is 0 Å². The molecule has 3 rings (SSSR count). The zero-order chi connectivity index (χ0) is 15.9. The fraction of sp³-hybridized carbons (Fsp3) is 0.688. The van der Waals surface area contributed by atoms with Crippen LogP contribution < -0.4 is 10.2 Å². The molecular formula is C16H24N4O2S. The van der Waals surface area contributed by atoms with Gasteiger partial charge >= 0.3 is 0 Å². The first-order valence-corrected chi connectivity index (χ1v) is 9.38. The van der Waals surface area contributed by atoms with Gasteiger partial charge in [0.05, 0.1) is 11.9 Å². The van der Waals surface area contributed by atoms with Crippen LogP contribution in [-0.2, 0) is 9.53 Å². The first kappa shape index (κ1) is 16.5. The summed E-state index contributed by atoms with van der Waals surface area (Å²) in [5.41, 5.74) is 0. The fourth-order valence-corrected chi connectivity index (χ4v) is 3.62. The number of carbonyl (C=O) groups excluding carboxylic acids is 1. The van der Waals surface area contributed by atoms with Crippen molar-refractivity contribution in [2.24, 2.45) is 0 Å². The number of ether oxygens (including phenoxy) is 1. The number of piperidine rings is 1. The molecule has 1 unspecified atom stereocenters. The first-order chi connectivity index (χ1) is 11.3. The maximum Gasteiger partial charge on any atom is 0.230 e. The molecule has 1 aromatic rings. The highest BCUT2D eigenvalue weighted by Crippen LogP contribution is 2.22. The number of nitrogens with one attached hydrogen (secondary N) is 1. The van der Waals surface area contributed by atoms with Gasteiger partial charge in [-0.2, -0.15) is 0 Å². The lowest BCUT2D eigenvalue weighted by Crippen LogP contribution is -2.33. The lowest BCUT2D eigenvalue weighted by Gasteiger charge is -2.27.